The van der Waals surface area contributed by atoms with Crippen LogP contribution in [0.15, 0.2) is 0 Å². The Labute approximate surface area is 104 Å². The molecule has 4 heteroatoms. The van der Waals surface area contributed by atoms with Crippen LogP contribution in [0.25, 0.3) is 0 Å². The van der Waals surface area contributed by atoms with Gasteiger partial charge >= 0.3 is 0 Å². The van der Waals surface area contributed by atoms with E-state index in [2.05, 4.69) is 19.2 Å². The summed E-state index contributed by atoms with van der Waals surface area (Å²) in [5, 5.41) is 13.2. The van der Waals surface area contributed by atoms with Gasteiger partial charge in [-0.2, -0.15) is 0 Å². The van der Waals surface area contributed by atoms with E-state index in [1.807, 2.05) is 11.8 Å². The summed E-state index contributed by atoms with van der Waals surface area (Å²) in [7, 11) is 0. The van der Waals surface area contributed by atoms with Gasteiger partial charge in [0.25, 0.3) is 0 Å². The van der Waals surface area contributed by atoms with Crippen molar-refractivity contribution in [1.82, 2.24) is 10.2 Å². The molecule has 0 aliphatic carbocycles. The third-order valence-electron chi connectivity index (χ3n) is 3.31. The van der Waals surface area contributed by atoms with E-state index in [1.165, 1.54) is 0 Å². The number of hydrogen-bond donors (Lipinski definition) is 2. The Morgan fingerprint density at radius 3 is 2.76 bits per heavy atom. The summed E-state index contributed by atoms with van der Waals surface area (Å²) in [4.78, 5) is 13.8. The number of carbonyl (C=O) groups excluding carboxylic acids is 1. The molecule has 1 rings (SSSR count). The number of hydrogen-bond acceptors (Lipinski definition) is 3. The van der Waals surface area contributed by atoms with Crippen LogP contribution in [0.5, 0.6) is 0 Å². The lowest BCUT2D eigenvalue weighted by Gasteiger charge is -2.22. The molecule has 0 aromatic rings. The summed E-state index contributed by atoms with van der Waals surface area (Å²) in [5.41, 5.74) is -0.592. The molecular weight excluding hydrogens is 216 g/mol. The molecule has 1 amide bonds. The van der Waals surface area contributed by atoms with Crippen molar-refractivity contribution in [1.29, 1.82) is 0 Å². The number of amides is 1. The Balaban J connectivity index is 2.32. The smallest absolute Gasteiger partial charge is 0.223 e. The highest BCUT2D eigenvalue weighted by Crippen LogP contribution is 2.21. The Hall–Kier alpha value is -0.610. The molecule has 17 heavy (non-hydrogen) atoms. The highest BCUT2D eigenvalue weighted by atomic mass is 16.3. The maximum absolute atomic E-state index is 11.9. The van der Waals surface area contributed by atoms with E-state index in [0.29, 0.717) is 25.4 Å². The molecule has 1 aliphatic rings. The first-order valence-corrected chi connectivity index (χ1v) is 6.64. The molecule has 0 aromatic carbocycles. The quantitative estimate of drug-likeness (QED) is 0.777. The summed E-state index contributed by atoms with van der Waals surface area (Å²) in [6, 6.07) is 0.424. The van der Waals surface area contributed by atoms with Crippen molar-refractivity contribution in [3.05, 3.63) is 0 Å². The second-order valence-electron chi connectivity index (χ2n) is 5.59. The van der Waals surface area contributed by atoms with Crippen LogP contribution >= 0.6 is 0 Å². The van der Waals surface area contributed by atoms with Gasteiger partial charge in [-0.25, -0.2) is 0 Å². The summed E-state index contributed by atoms with van der Waals surface area (Å²) < 4.78 is 0. The third-order valence-corrected chi connectivity index (χ3v) is 3.31. The fourth-order valence-electron chi connectivity index (χ4n) is 2.14. The van der Waals surface area contributed by atoms with E-state index in [0.717, 1.165) is 25.9 Å². The van der Waals surface area contributed by atoms with Crippen LogP contribution in [0.3, 0.4) is 0 Å². The van der Waals surface area contributed by atoms with Gasteiger partial charge in [0.05, 0.1) is 5.60 Å². The maximum Gasteiger partial charge on any atom is 0.223 e. The topological polar surface area (TPSA) is 52.6 Å². The minimum absolute atomic E-state index is 0.204. The van der Waals surface area contributed by atoms with Crippen LogP contribution in [0.2, 0.25) is 0 Å². The number of likely N-dealkylation sites (tertiary alicyclic amines) is 1. The standard InChI is InChI=1S/C13H26N2O2/c1-11(2)14-8-5-12(16)15-9-4-6-13(3,17)7-10-15/h11,14,17H,4-10H2,1-3H3. The van der Waals surface area contributed by atoms with Gasteiger partial charge in [-0.3, -0.25) is 4.79 Å². The highest BCUT2D eigenvalue weighted by molar-refractivity contribution is 5.76. The van der Waals surface area contributed by atoms with Crippen LogP contribution < -0.4 is 5.32 Å². The van der Waals surface area contributed by atoms with Gasteiger partial charge in [0.2, 0.25) is 5.91 Å². The lowest BCUT2D eigenvalue weighted by Crippen LogP contribution is -2.36. The molecule has 1 aliphatic heterocycles. The molecule has 2 N–H and O–H groups in total. The first kappa shape index (κ1) is 14.5. The second-order valence-corrected chi connectivity index (χ2v) is 5.59. The summed E-state index contributed by atoms with van der Waals surface area (Å²) in [6.07, 6.45) is 2.94. The van der Waals surface area contributed by atoms with Gasteiger partial charge in [0, 0.05) is 32.1 Å². The number of nitrogens with zero attached hydrogens (tertiary/aromatic N) is 1. The van der Waals surface area contributed by atoms with Gasteiger partial charge in [-0.05, 0) is 26.2 Å². The first-order chi connectivity index (χ1) is 7.91. The normalized spacial score (nSPS) is 26.1. The average Bonchev–Trinajstić information content (AvgIpc) is 2.38. The van der Waals surface area contributed by atoms with E-state index in [1.54, 1.807) is 0 Å². The van der Waals surface area contributed by atoms with Gasteiger partial charge in [0.1, 0.15) is 0 Å². The van der Waals surface area contributed by atoms with Crippen molar-refractivity contribution in [3.8, 4) is 0 Å². The molecule has 0 saturated carbocycles. The van der Waals surface area contributed by atoms with Crippen molar-refractivity contribution >= 4 is 5.91 Å². The average molecular weight is 242 g/mol. The van der Waals surface area contributed by atoms with E-state index in [4.69, 9.17) is 0 Å². The Morgan fingerprint density at radius 2 is 2.12 bits per heavy atom. The molecule has 1 saturated heterocycles. The summed E-state index contributed by atoms with van der Waals surface area (Å²) in [5.74, 6) is 0.204. The van der Waals surface area contributed by atoms with Crippen LogP contribution in [-0.2, 0) is 4.79 Å². The van der Waals surface area contributed by atoms with Crippen LogP contribution in [0, 0.1) is 0 Å². The Morgan fingerprint density at radius 1 is 1.41 bits per heavy atom. The number of rotatable bonds is 4. The van der Waals surface area contributed by atoms with Crippen molar-refractivity contribution < 1.29 is 9.90 Å². The zero-order chi connectivity index (χ0) is 12.9. The summed E-state index contributed by atoms with van der Waals surface area (Å²) in [6.45, 7) is 8.23. The SMILES string of the molecule is CC(C)NCCC(=O)N1CCCC(C)(O)CC1. The fraction of sp³-hybridized carbons (Fsp3) is 0.923. The predicted molar refractivity (Wildman–Crippen MR) is 68.8 cm³/mol. The van der Waals surface area contributed by atoms with E-state index in [-0.39, 0.29) is 5.91 Å². The monoisotopic (exact) mass is 242 g/mol. The molecule has 0 radical (unpaired) electrons. The van der Waals surface area contributed by atoms with Crippen molar-refractivity contribution in [2.45, 2.75) is 58.1 Å². The minimum atomic E-state index is -0.592. The van der Waals surface area contributed by atoms with Crippen molar-refractivity contribution in [3.63, 3.8) is 0 Å². The van der Waals surface area contributed by atoms with Gasteiger partial charge in [-0.1, -0.05) is 13.8 Å². The largest absolute Gasteiger partial charge is 0.390 e. The van der Waals surface area contributed by atoms with Crippen LogP contribution in [0.1, 0.15) is 46.5 Å². The van der Waals surface area contributed by atoms with Crippen molar-refractivity contribution in [2.24, 2.45) is 0 Å². The van der Waals surface area contributed by atoms with Crippen molar-refractivity contribution in [2.75, 3.05) is 19.6 Å². The minimum Gasteiger partial charge on any atom is -0.390 e. The molecule has 0 aromatic heterocycles. The van der Waals surface area contributed by atoms with Crippen LogP contribution in [0.4, 0.5) is 0 Å². The van der Waals surface area contributed by atoms with E-state index in [9.17, 15) is 9.90 Å². The number of aliphatic hydroxyl groups is 1. The lowest BCUT2D eigenvalue weighted by molar-refractivity contribution is -0.131. The van der Waals surface area contributed by atoms with Crippen LogP contribution in [-0.4, -0.2) is 47.2 Å². The molecule has 4 nitrogen and oxygen atoms in total. The van der Waals surface area contributed by atoms with Gasteiger partial charge in [-0.15, -0.1) is 0 Å². The lowest BCUT2D eigenvalue weighted by atomic mass is 9.98. The van der Waals surface area contributed by atoms with E-state index >= 15 is 0 Å². The zero-order valence-corrected chi connectivity index (χ0v) is 11.3. The Kier molecular flexibility index (Phi) is 5.40. The molecule has 1 unspecified atom stereocenters. The molecule has 100 valence electrons. The fourth-order valence-corrected chi connectivity index (χ4v) is 2.14. The first-order valence-electron chi connectivity index (χ1n) is 6.64. The summed E-state index contributed by atoms with van der Waals surface area (Å²) >= 11 is 0. The highest BCUT2D eigenvalue weighted by Gasteiger charge is 2.26. The van der Waals surface area contributed by atoms with Gasteiger partial charge in [0.15, 0.2) is 0 Å². The second kappa shape index (κ2) is 6.36. The predicted octanol–water partition coefficient (Wildman–Crippen LogP) is 1.14. The molecule has 0 bridgehead atoms. The number of nitrogens with one attached hydrogen (secondary N) is 1. The van der Waals surface area contributed by atoms with E-state index < -0.39 is 5.60 Å². The molecule has 1 atom stereocenters. The molecule has 1 heterocycles. The number of carbonyl (C=O) groups is 1. The molecule has 0 spiro atoms. The molecular formula is C13H26N2O2. The Bertz CT molecular complexity index is 252. The van der Waals surface area contributed by atoms with Gasteiger partial charge < -0.3 is 15.3 Å². The zero-order valence-electron chi connectivity index (χ0n) is 11.3. The third kappa shape index (κ3) is 5.50. The maximum atomic E-state index is 11.9. The molecule has 1 fully saturated rings.